The Morgan fingerprint density at radius 2 is 2.20 bits per heavy atom. The van der Waals surface area contributed by atoms with Gasteiger partial charge in [-0.2, -0.15) is 0 Å². The Kier molecular flexibility index (Phi) is 4.55. The topological polar surface area (TPSA) is 35.2 Å². The van der Waals surface area contributed by atoms with Crippen LogP contribution >= 0.6 is 0 Å². The maximum atomic E-state index is 5.96. The van der Waals surface area contributed by atoms with E-state index >= 15 is 0 Å². The van der Waals surface area contributed by atoms with Gasteiger partial charge in [-0.1, -0.05) is 31.2 Å². The number of hydrogen-bond donors (Lipinski definition) is 1. The molecular formula is C13H23NO. The summed E-state index contributed by atoms with van der Waals surface area (Å²) in [6.45, 7) is 10.1. The highest BCUT2D eigenvalue weighted by molar-refractivity contribution is 5.13. The second kappa shape index (κ2) is 5.47. The Bertz CT molecular complexity index is 247. The zero-order valence-electron chi connectivity index (χ0n) is 10.1. The molecule has 0 saturated carbocycles. The lowest BCUT2D eigenvalue weighted by Crippen LogP contribution is -2.46. The molecule has 0 bridgehead atoms. The van der Waals surface area contributed by atoms with Crippen molar-refractivity contribution in [1.29, 1.82) is 0 Å². The van der Waals surface area contributed by atoms with Gasteiger partial charge in [0, 0.05) is 6.04 Å². The minimum Gasteiger partial charge on any atom is -0.373 e. The van der Waals surface area contributed by atoms with E-state index in [4.69, 9.17) is 10.5 Å². The van der Waals surface area contributed by atoms with Crippen molar-refractivity contribution in [2.45, 2.75) is 51.9 Å². The van der Waals surface area contributed by atoms with E-state index in [0.717, 1.165) is 12.8 Å². The van der Waals surface area contributed by atoms with Gasteiger partial charge in [0.2, 0.25) is 0 Å². The first-order valence-corrected chi connectivity index (χ1v) is 5.74. The molecule has 0 amide bonds. The van der Waals surface area contributed by atoms with E-state index in [-0.39, 0.29) is 12.1 Å². The lowest BCUT2D eigenvalue weighted by atomic mass is 9.88. The fraction of sp³-hybridized carbons (Fsp3) is 0.692. The van der Waals surface area contributed by atoms with Crippen LogP contribution in [0.4, 0.5) is 0 Å². The normalized spacial score (nSPS) is 37.7. The van der Waals surface area contributed by atoms with E-state index < -0.39 is 0 Å². The molecule has 1 rings (SSSR count). The second-order valence-corrected chi connectivity index (χ2v) is 4.64. The van der Waals surface area contributed by atoms with Gasteiger partial charge in [-0.05, 0) is 32.6 Å². The number of allylic oxidation sites excluding steroid dienone is 2. The minimum absolute atomic E-state index is 0.184. The highest BCUT2D eigenvalue weighted by atomic mass is 16.5. The summed E-state index contributed by atoms with van der Waals surface area (Å²) in [7, 11) is 0. The van der Waals surface area contributed by atoms with Gasteiger partial charge >= 0.3 is 0 Å². The van der Waals surface area contributed by atoms with Crippen LogP contribution in [0.25, 0.3) is 0 Å². The number of rotatable bonds is 3. The SMILES string of the molecule is C=C/C(C)=C/C[C@@H]1O[C@H](C)[C@H](N)C[C@@H]1C. The molecule has 2 heteroatoms. The van der Waals surface area contributed by atoms with E-state index in [0.29, 0.717) is 12.0 Å². The monoisotopic (exact) mass is 209 g/mol. The molecule has 15 heavy (non-hydrogen) atoms. The molecule has 0 spiro atoms. The Morgan fingerprint density at radius 3 is 2.80 bits per heavy atom. The molecule has 1 saturated heterocycles. The quantitative estimate of drug-likeness (QED) is 0.725. The molecular weight excluding hydrogens is 186 g/mol. The van der Waals surface area contributed by atoms with Gasteiger partial charge in [0.05, 0.1) is 12.2 Å². The van der Waals surface area contributed by atoms with Crippen molar-refractivity contribution in [3.63, 3.8) is 0 Å². The zero-order valence-corrected chi connectivity index (χ0v) is 10.1. The third-order valence-corrected chi connectivity index (χ3v) is 3.27. The smallest absolute Gasteiger partial charge is 0.0702 e. The lowest BCUT2D eigenvalue weighted by Gasteiger charge is -2.37. The molecule has 0 aliphatic carbocycles. The van der Waals surface area contributed by atoms with E-state index in [1.165, 1.54) is 5.57 Å². The van der Waals surface area contributed by atoms with E-state index in [2.05, 4.69) is 33.4 Å². The van der Waals surface area contributed by atoms with Crippen LogP contribution in [0.3, 0.4) is 0 Å². The Labute approximate surface area is 93.2 Å². The molecule has 1 fully saturated rings. The molecule has 0 radical (unpaired) electrons. The molecule has 0 aromatic heterocycles. The van der Waals surface area contributed by atoms with Crippen molar-refractivity contribution in [1.82, 2.24) is 0 Å². The molecule has 1 aliphatic rings. The summed E-state index contributed by atoms with van der Waals surface area (Å²) in [5.74, 6) is 0.546. The highest BCUT2D eigenvalue weighted by Gasteiger charge is 2.30. The highest BCUT2D eigenvalue weighted by Crippen LogP contribution is 2.26. The first-order chi connectivity index (χ1) is 7.04. The van der Waals surface area contributed by atoms with Crippen LogP contribution in [-0.4, -0.2) is 18.2 Å². The van der Waals surface area contributed by atoms with Crippen LogP contribution in [0.2, 0.25) is 0 Å². The van der Waals surface area contributed by atoms with Crippen LogP contribution in [-0.2, 0) is 4.74 Å². The molecule has 4 atom stereocenters. The predicted octanol–water partition coefficient (Wildman–Crippen LogP) is 2.65. The Balaban J connectivity index is 2.51. The van der Waals surface area contributed by atoms with E-state index in [1.807, 2.05) is 6.08 Å². The number of hydrogen-bond acceptors (Lipinski definition) is 2. The average Bonchev–Trinajstić information content (AvgIpc) is 2.21. The summed E-state index contributed by atoms with van der Waals surface area (Å²) in [5, 5.41) is 0. The van der Waals surface area contributed by atoms with Crippen LogP contribution in [0.15, 0.2) is 24.3 Å². The third kappa shape index (κ3) is 3.47. The molecule has 0 aromatic carbocycles. The van der Waals surface area contributed by atoms with Crippen molar-refractivity contribution >= 4 is 0 Å². The van der Waals surface area contributed by atoms with Crippen molar-refractivity contribution in [2.24, 2.45) is 11.7 Å². The maximum Gasteiger partial charge on any atom is 0.0702 e. The maximum absolute atomic E-state index is 5.96. The van der Waals surface area contributed by atoms with Gasteiger partial charge in [-0.25, -0.2) is 0 Å². The van der Waals surface area contributed by atoms with Crippen molar-refractivity contribution in [3.8, 4) is 0 Å². The van der Waals surface area contributed by atoms with Crippen LogP contribution in [0.5, 0.6) is 0 Å². The summed E-state index contributed by atoms with van der Waals surface area (Å²) in [6.07, 6.45) is 6.60. The van der Waals surface area contributed by atoms with E-state index in [1.54, 1.807) is 0 Å². The van der Waals surface area contributed by atoms with Crippen LogP contribution in [0.1, 0.15) is 33.6 Å². The summed E-state index contributed by atoms with van der Waals surface area (Å²) < 4.78 is 5.90. The van der Waals surface area contributed by atoms with Gasteiger partial charge < -0.3 is 10.5 Å². The van der Waals surface area contributed by atoms with Crippen LogP contribution in [0, 0.1) is 5.92 Å². The zero-order chi connectivity index (χ0) is 11.4. The molecule has 2 nitrogen and oxygen atoms in total. The lowest BCUT2D eigenvalue weighted by molar-refractivity contribution is -0.0784. The molecule has 2 N–H and O–H groups in total. The molecule has 86 valence electrons. The first-order valence-electron chi connectivity index (χ1n) is 5.74. The molecule has 0 unspecified atom stereocenters. The summed E-state index contributed by atoms with van der Waals surface area (Å²) >= 11 is 0. The first kappa shape index (κ1) is 12.5. The summed E-state index contributed by atoms with van der Waals surface area (Å²) in [4.78, 5) is 0. The molecule has 1 aliphatic heterocycles. The average molecular weight is 209 g/mol. The van der Waals surface area contributed by atoms with Crippen LogP contribution < -0.4 is 5.73 Å². The second-order valence-electron chi connectivity index (χ2n) is 4.64. The third-order valence-electron chi connectivity index (χ3n) is 3.27. The Morgan fingerprint density at radius 1 is 1.53 bits per heavy atom. The molecule has 1 heterocycles. The fourth-order valence-electron chi connectivity index (χ4n) is 1.96. The Hall–Kier alpha value is -0.600. The van der Waals surface area contributed by atoms with Gasteiger partial charge in [0.1, 0.15) is 0 Å². The largest absolute Gasteiger partial charge is 0.373 e. The number of ether oxygens (including phenoxy) is 1. The van der Waals surface area contributed by atoms with Crippen molar-refractivity contribution < 1.29 is 4.74 Å². The summed E-state index contributed by atoms with van der Waals surface area (Å²) in [6, 6.07) is 0.195. The predicted molar refractivity (Wildman–Crippen MR) is 64.7 cm³/mol. The van der Waals surface area contributed by atoms with Gasteiger partial charge in [-0.3, -0.25) is 0 Å². The fourth-order valence-corrected chi connectivity index (χ4v) is 1.96. The standard InChI is InChI=1S/C13H23NO/c1-5-9(2)6-7-13-10(3)8-12(14)11(4)15-13/h5-6,10-13H,1,7-8,14H2,2-4H3/b9-6+/t10-,11+,12+,13-/m0/s1. The summed E-state index contributed by atoms with van der Waals surface area (Å²) in [5.41, 5.74) is 7.17. The van der Waals surface area contributed by atoms with Gasteiger partial charge in [0.25, 0.3) is 0 Å². The minimum atomic E-state index is 0.184. The van der Waals surface area contributed by atoms with E-state index in [9.17, 15) is 0 Å². The molecule has 0 aromatic rings. The number of nitrogens with two attached hydrogens (primary N) is 1. The van der Waals surface area contributed by atoms with Crippen molar-refractivity contribution in [2.75, 3.05) is 0 Å². The van der Waals surface area contributed by atoms with Gasteiger partial charge in [0.15, 0.2) is 0 Å². The van der Waals surface area contributed by atoms with Crippen molar-refractivity contribution in [3.05, 3.63) is 24.3 Å². The van der Waals surface area contributed by atoms with Gasteiger partial charge in [-0.15, -0.1) is 0 Å².